The van der Waals surface area contributed by atoms with Gasteiger partial charge in [0.25, 0.3) is 0 Å². The Labute approximate surface area is 136 Å². The molecule has 0 aliphatic heterocycles. The highest BCUT2D eigenvalue weighted by Crippen LogP contribution is 2.40. The maximum atomic E-state index is 12.6. The van der Waals surface area contributed by atoms with E-state index in [2.05, 4.69) is 5.09 Å². The molecule has 1 unspecified atom stereocenters. The van der Waals surface area contributed by atoms with Crippen LogP contribution in [-0.4, -0.2) is 24.8 Å². The first-order valence-corrected chi connectivity index (χ1v) is 9.58. The van der Waals surface area contributed by atoms with Gasteiger partial charge in [-0.05, 0) is 43.7 Å². The average molecular weight is 335 g/mol. The van der Waals surface area contributed by atoms with Crippen LogP contribution in [0.5, 0.6) is 5.75 Å². The Bertz CT molecular complexity index is 744. The standard InChI is InChI=1S/C17H22NO4P/c1-12(2)21-17(19)13(3)18-23(4,20)22-16-10-9-14-7-5-6-8-15(14)11-16/h5-13H,1-4H3,(H,18,20)/t13-,23?/m0/s1. The van der Waals surface area contributed by atoms with E-state index < -0.39 is 19.5 Å². The first-order valence-electron chi connectivity index (χ1n) is 7.51. The number of hydrogen-bond acceptors (Lipinski definition) is 4. The van der Waals surface area contributed by atoms with E-state index in [9.17, 15) is 9.36 Å². The van der Waals surface area contributed by atoms with Crippen LogP contribution in [0.4, 0.5) is 0 Å². The number of hydrogen-bond donors (Lipinski definition) is 1. The third-order valence-electron chi connectivity index (χ3n) is 3.13. The summed E-state index contributed by atoms with van der Waals surface area (Å²) in [6, 6.07) is 12.6. The van der Waals surface area contributed by atoms with Crippen LogP contribution in [0.15, 0.2) is 42.5 Å². The molecular formula is C17H22NO4P. The van der Waals surface area contributed by atoms with Gasteiger partial charge in [0.15, 0.2) is 0 Å². The van der Waals surface area contributed by atoms with Crippen molar-refractivity contribution in [2.75, 3.05) is 6.66 Å². The lowest BCUT2D eigenvalue weighted by Gasteiger charge is -2.21. The molecule has 23 heavy (non-hydrogen) atoms. The van der Waals surface area contributed by atoms with Gasteiger partial charge in [0.2, 0.25) is 0 Å². The topological polar surface area (TPSA) is 64.6 Å². The molecule has 0 heterocycles. The number of esters is 1. The normalized spacial score (nSPS) is 15.2. The molecule has 0 aromatic heterocycles. The zero-order chi connectivity index (χ0) is 17.0. The van der Waals surface area contributed by atoms with Gasteiger partial charge in [-0.25, -0.2) is 5.09 Å². The van der Waals surface area contributed by atoms with Crippen molar-refractivity contribution in [2.24, 2.45) is 0 Å². The van der Waals surface area contributed by atoms with Crippen LogP contribution >= 0.6 is 7.52 Å². The lowest BCUT2D eigenvalue weighted by molar-refractivity contribution is -0.149. The first kappa shape index (κ1) is 17.5. The molecule has 0 bridgehead atoms. The Kier molecular flexibility index (Phi) is 5.45. The average Bonchev–Trinajstić information content (AvgIpc) is 2.45. The van der Waals surface area contributed by atoms with Gasteiger partial charge in [-0.3, -0.25) is 9.36 Å². The van der Waals surface area contributed by atoms with Crippen molar-refractivity contribution in [2.45, 2.75) is 32.9 Å². The van der Waals surface area contributed by atoms with Gasteiger partial charge in [-0.2, -0.15) is 0 Å². The van der Waals surface area contributed by atoms with Gasteiger partial charge in [-0.15, -0.1) is 0 Å². The summed E-state index contributed by atoms with van der Waals surface area (Å²) in [4.78, 5) is 11.8. The summed E-state index contributed by atoms with van der Waals surface area (Å²) >= 11 is 0. The maximum absolute atomic E-state index is 12.6. The predicted octanol–water partition coefficient (Wildman–Crippen LogP) is 3.97. The van der Waals surface area contributed by atoms with Crippen LogP contribution in [0.1, 0.15) is 20.8 Å². The lowest BCUT2D eigenvalue weighted by Crippen LogP contribution is -2.35. The van der Waals surface area contributed by atoms with Gasteiger partial charge < -0.3 is 9.26 Å². The molecule has 5 nitrogen and oxygen atoms in total. The van der Waals surface area contributed by atoms with Gasteiger partial charge in [0.1, 0.15) is 11.8 Å². The maximum Gasteiger partial charge on any atom is 0.323 e. The van der Waals surface area contributed by atoms with Crippen LogP contribution in [-0.2, 0) is 14.1 Å². The molecule has 0 fully saturated rings. The van der Waals surface area contributed by atoms with E-state index in [0.717, 1.165) is 10.8 Å². The molecule has 2 aromatic rings. The highest BCUT2D eigenvalue weighted by molar-refractivity contribution is 7.56. The van der Waals surface area contributed by atoms with Crippen LogP contribution in [0, 0.1) is 0 Å². The van der Waals surface area contributed by atoms with E-state index in [1.807, 2.05) is 36.4 Å². The quantitative estimate of drug-likeness (QED) is 0.639. The van der Waals surface area contributed by atoms with Crippen molar-refractivity contribution in [3.63, 3.8) is 0 Å². The monoisotopic (exact) mass is 335 g/mol. The summed E-state index contributed by atoms with van der Waals surface area (Å²) in [6.45, 7) is 6.58. The minimum atomic E-state index is -3.20. The second-order valence-corrected chi connectivity index (χ2v) is 7.92. The zero-order valence-electron chi connectivity index (χ0n) is 13.8. The van der Waals surface area contributed by atoms with E-state index in [-0.39, 0.29) is 6.10 Å². The minimum Gasteiger partial charge on any atom is -0.462 e. The van der Waals surface area contributed by atoms with Crippen molar-refractivity contribution in [3.8, 4) is 5.75 Å². The number of carbonyl (C=O) groups is 1. The molecule has 2 rings (SSSR count). The van der Waals surface area contributed by atoms with Crippen LogP contribution in [0.3, 0.4) is 0 Å². The molecule has 0 radical (unpaired) electrons. The van der Waals surface area contributed by atoms with Crippen LogP contribution in [0.25, 0.3) is 10.8 Å². The van der Waals surface area contributed by atoms with E-state index in [4.69, 9.17) is 9.26 Å². The Morgan fingerprint density at radius 2 is 1.74 bits per heavy atom. The summed E-state index contributed by atoms with van der Waals surface area (Å²) in [7, 11) is -3.20. The molecule has 124 valence electrons. The number of carbonyl (C=O) groups excluding carboxylic acids is 1. The van der Waals surface area contributed by atoms with Crippen LogP contribution < -0.4 is 9.61 Å². The zero-order valence-corrected chi connectivity index (χ0v) is 14.7. The summed E-state index contributed by atoms with van der Waals surface area (Å²) < 4.78 is 23.2. The van der Waals surface area contributed by atoms with Gasteiger partial charge in [-0.1, -0.05) is 30.3 Å². The predicted molar refractivity (Wildman–Crippen MR) is 91.9 cm³/mol. The largest absolute Gasteiger partial charge is 0.462 e. The molecular weight excluding hydrogens is 313 g/mol. The van der Waals surface area contributed by atoms with Crippen molar-refractivity contribution in [1.29, 1.82) is 0 Å². The molecule has 1 N–H and O–H groups in total. The molecule has 0 amide bonds. The molecule has 0 saturated heterocycles. The summed E-state index contributed by atoms with van der Waals surface area (Å²) in [5.41, 5.74) is 0. The second-order valence-electron chi connectivity index (χ2n) is 5.78. The number of benzene rings is 2. The molecule has 0 aliphatic rings. The fourth-order valence-electron chi connectivity index (χ4n) is 2.19. The minimum absolute atomic E-state index is 0.218. The summed E-state index contributed by atoms with van der Waals surface area (Å²) in [6.07, 6.45) is -0.218. The van der Waals surface area contributed by atoms with Crippen molar-refractivity contribution < 1.29 is 18.6 Å². The third kappa shape index (κ3) is 5.08. The van der Waals surface area contributed by atoms with E-state index >= 15 is 0 Å². The number of fused-ring (bicyclic) bond motifs is 1. The van der Waals surface area contributed by atoms with Gasteiger partial charge >= 0.3 is 13.5 Å². The van der Waals surface area contributed by atoms with Gasteiger partial charge in [0, 0.05) is 6.66 Å². The van der Waals surface area contributed by atoms with Crippen LogP contribution in [0.2, 0.25) is 0 Å². The SMILES string of the molecule is CC(C)OC(=O)[C@H](C)NP(C)(=O)Oc1ccc2ccccc2c1. The molecule has 6 heteroatoms. The van der Waals surface area contributed by atoms with E-state index in [1.165, 1.54) is 6.66 Å². The van der Waals surface area contributed by atoms with Crippen molar-refractivity contribution in [1.82, 2.24) is 5.09 Å². The Morgan fingerprint density at radius 3 is 2.39 bits per heavy atom. The van der Waals surface area contributed by atoms with Gasteiger partial charge in [0.05, 0.1) is 6.10 Å². The Balaban J connectivity index is 2.07. The van der Waals surface area contributed by atoms with Crippen molar-refractivity contribution in [3.05, 3.63) is 42.5 Å². The number of nitrogens with one attached hydrogen (secondary N) is 1. The fraction of sp³-hybridized carbons (Fsp3) is 0.353. The summed E-state index contributed by atoms with van der Waals surface area (Å²) in [5, 5.41) is 4.79. The third-order valence-corrected chi connectivity index (χ3v) is 4.55. The Hall–Kier alpha value is -1.84. The highest BCUT2D eigenvalue weighted by Gasteiger charge is 2.25. The second kappa shape index (κ2) is 7.16. The summed E-state index contributed by atoms with van der Waals surface area (Å²) in [5.74, 6) is 0.0376. The lowest BCUT2D eigenvalue weighted by atomic mass is 10.1. The fourth-order valence-corrected chi connectivity index (χ4v) is 3.57. The molecule has 0 spiro atoms. The molecule has 0 aliphatic carbocycles. The number of ether oxygens (including phenoxy) is 1. The highest BCUT2D eigenvalue weighted by atomic mass is 31.2. The molecule has 0 saturated carbocycles. The smallest absolute Gasteiger partial charge is 0.323 e. The van der Waals surface area contributed by atoms with Crippen molar-refractivity contribution >= 4 is 24.3 Å². The van der Waals surface area contributed by atoms with E-state index in [0.29, 0.717) is 5.75 Å². The van der Waals surface area contributed by atoms with E-state index in [1.54, 1.807) is 26.8 Å². The molecule has 2 atom stereocenters. The first-order chi connectivity index (χ1) is 10.8. The Morgan fingerprint density at radius 1 is 1.09 bits per heavy atom. The number of rotatable bonds is 6. The molecule has 2 aromatic carbocycles.